The fourth-order valence-electron chi connectivity index (χ4n) is 4.36. The molecule has 2 aliphatic rings. The predicted octanol–water partition coefficient (Wildman–Crippen LogP) is 1.79. The molecule has 1 amide bonds. The van der Waals surface area contributed by atoms with Gasteiger partial charge in [-0.15, -0.1) is 0 Å². The Morgan fingerprint density at radius 1 is 1.13 bits per heavy atom. The molecule has 2 fully saturated rings. The molecule has 0 atom stereocenters. The summed E-state index contributed by atoms with van der Waals surface area (Å²) >= 11 is 0. The molecule has 5 rings (SSSR count). The van der Waals surface area contributed by atoms with Crippen LogP contribution in [0.5, 0.6) is 0 Å². The number of H-pyrrole nitrogens is 1. The fourth-order valence-corrected chi connectivity index (χ4v) is 4.99. The van der Waals surface area contributed by atoms with E-state index in [1.807, 2.05) is 17.2 Å². The minimum Gasteiger partial charge on any atom is -0.352 e. The number of piperazine rings is 1. The van der Waals surface area contributed by atoms with Crippen LogP contribution in [-0.2, 0) is 21.1 Å². The van der Waals surface area contributed by atoms with Gasteiger partial charge in [0.25, 0.3) is 0 Å². The second-order valence-corrected chi connectivity index (χ2v) is 10.2. The maximum atomic E-state index is 13.1. The first-order valence-corrected chi connectivity index (χ1v) is 11.9. The topological polar surface area (TPSA) is 99.3 Å². The number of aromatic amines is 1. The molecule has 9 heteroatoms. The lowest BCUT2D eigenvalue weighted by atomic mass is 10.1. The van der Waals surface area contributed by atoms with Crippen molar-refractivity contribution in [3.05, 3.63) is 48.4 Å². The van der Waals surface area contributed by atoms with E-state index < -0.39 is 9.84 Å². The molecule has 3 aromatic rings. The molecule has 1 aliphatic carbocycles. The summed E-state index contributed by atoms with van der Waals surface area (Å²) in [4.78, 5) is 29.5. The number of amides is 1. The van der Waals surface area contributed by atoms with Crippen LogP contribution in [0.1, 0.15) is 18.4 Å². The number of hydrogen-bond acceptors (Lipinski definition) is 6. The summed E-state index contributed by atoms with van der Waals surface area (Å²) in [6.07, 6.45) is 6.88. The molecule has 1 aromatic carbocycles. The van der Waals surface area contributed by atoms with Crippen molar-refractivity contribution < 1.29 is 13.2 Å². The normalized spacial score (nSPS) is 18.2. The molecule has 0 unspecified atom stereocenters. The van der Waals surface area contributed by atoms with Gasteiger partial charge in [-0.1, -0.05) is 12.1 Å². The van der Waals surface area contributed by atoms with Crippen LogP contribution in [0.3, 0.4) is 0 Å². The number of nitrogens with zero attached hydrogens (tertiary/aromatic N) is 4. The molecule has 0 radical (unpaired) electrons. The number of hydrogen-bond donors (Lipinski definition) is 1. The lowest BCUT2D eigenvalue weighted by Gasteiger charge is -2.43. The van der Waals surface area contributed by atoms with E-state index in [4.69, 9.17) is 0 Å². The average Bonchev–Trinajstić information content (AvgIpc) is 3.29. The van der Waals surface area contributed by atoms with Crippen molar-refractivity contribution in [3.63, 3.8) is 0 Å². The van der Waals surface area contributed by atoms with E-state index in [9.17, 15) is 13.2 Å². The highest BCUT2D eigenvalue weighted by molar-refractivity contribution is 7.90. The van der Waals surface area contributed by atoms with Crippen LogP contribution < -0.4 is 4.90 Å². The molecule has 1 aliphatic heterocycles. The van der Waals surface area contributed by atoms with Crippen LogP contribution in [0.15, 0.2) is 47.8 Å². The Kier molecular flexibility index (Phi) is 4.32. The van der Waals surface area contributed by atoms with Gasteiger partial charge in [-0.25, -0.2) is 18.4 Å². The highest BCUT2D eigenvalue weighted by atomic mass is 32.2. The second-order valence-electron chi connectivity index (χ2n) is 8.22. The number of sulfone groups is 1. The highest BCUT2D eigenvalue weighted by Gasteiger charge is 2.53. The van der Waals surface area contributed by atoms with Gasteiger partial charge >= 0.3 is 0 Å². The Morgan fingerprint density at radius 2 is 1.90 bits per heavy atom. The van der Waals surface area contributed by atoms with E-state index in [2.05, 4.69) is 19.9 Å². The smallest absolute Gasteiger partial charge is 0.227 e. The van der Waals surface area contributed by atoms with E-state index in [0.29, 0.717) is 6.54 Å². The lowest BCUT2D eigenvalue weighted by Crippen LogP contribution is -2.57. The lowest BCUT2D eigenvalue weighted by molar-refractivity contribution is -0.134. The van der Waals surface area contributed by atoms with Gasteiger partial charge in [0.15, 0.2) is 9.84 Å². The van der Waals surface area contributed by atoms with Gasteiger partial charge in [0.1, 0.15) is 17.8 Å². The van der Waals surface area contributed by atoms with E-state index in [-0.39, 0.29) is 22.8 Å². The number of carbonyl (C=O) groups is 1. The monoisotopic (exact) mass is 425 g/mol. The van der Waals surface area contributed by atoms with Crippen LogP contribution in [0.25, 0.3) is 11.0 Å². The van der Waals surface area contributed by atoms with Crippen molar-refractivity contribution >= 4 is 32.6 Å². The van der Waals surface area contributed by atoms with E-state index >= 15 is 0 Å². The average molecular weight is 426 g/mol. The van der Waals surface area contributed by atoms with Crippen molar-refractivity contribution in [2.24, 2.45) is 0 Å². The Hall–Kier alpha value is -2.94. The van der Waals surface area contributed by atoms with Gasteiger partial charge in [0.05, 0.1) is 22.2 Å². The molecule has 1 saturated carbocycles. The van der Waals surface area contributed by atoms with Crippen LogP contribution in [0, 0.1) is 0 Å². The number of fused-ring (bicyclic) bond motifs is 1. The molecule has 30 heavy (non-hydrogen) atoms. The molecule has 2 aromatic heterocycles. The van der Waals surface area contributed by atoms with Crippen LogP contribution in [-0.4, -0.2) is 65.6 Å². The van der Waals surface area contributed by atoms with Crippen molar-refractivity contribution in [1.82, 2.24) is 19.9 Å². The third-order valence-corrected chi connectivity index (χ3v) is 7.25. The largest absolute Gasteiger partial charge is 0.352 e. The quantitative estimate of drug-likeness (QED) is 0.684. The van der Waals surface area contributed by atoms with Crippen LogP contribution >= 0.6 is 0 Å². The van der Waals surface area contributed by atoms with Gasteiger partial charge in [0.2, 0.25) is 5.91 Å². The van der Waals surface area contributed by atoms with Crippen molar-refractivity contribution in [1.29, 1.82) is 0 Å². The molecule has 1 saturated heterocycles. The maximum Gasteiger partial charge on any atom is 0.227 e. The van der Waals surface area contributed by atoms with E-state index in [1.54, 1.807) is 30.6 Å². The van der Waals surface area contributed by atoms with Crippen molar-refractivity contribution in [2.75, 3.05) is 30.8 Å². The first kappa shape index (κ1) is 19.0. The minimum atomic E-state index is -3.23. The third kappa shape index (κ3) is 3.32. The first-order valence-electron chi connectivity index (χ1n) is 9.98. The minimum absolute atomic E-state index is 0.0914. The van der Waals surface area contributed by atoms with Crippen LogP contribution in [0.2, 0.25) is 0 Å². The molecule has 3 heterocycles. The van der Waals surface area contributed by atoms with E-state index in [1.165, 1.54) is 6.26 Å². The zero-order chi connectivity index (χ0) is 20.9. The number of aromatic nitrogens is 3. The second kappa shape index (κ2) is 6.80. The van der Waals surface area contributed by atoms with Crippen molar-refractivity contribution in [3.8, 4) is 0 Å². The molecular weight excluding hydrogens is 402 g/mol. The van der Waals surface area contributed by atoms with Gasteiger partial charge in [-0.2, -0.15) is 0 Å². The fraction of sp³-hybridized carbons (Fsp3) is 0.381. The summed E-state index contributed by atoms with van der Waals surface area (Å²) in [7, 11) is -3.23. The summed E-state index contributed by atoms with van der Waals surface area (Å²) in [5, 5.41) is 0.999. The van der Waals surface area contributed by atoms with Gasteiger partial charge in [-0.05, 0) is 36.6 Å². The van der Waals surface area contributed by atoms with E-state index in [0.717, 1.165) is 48.3 Å². The SMILES string of the molecule is CS(=O)(=O)c1ccc(CC(=O)N2CCN(c3ncnc4[nH]ccc34)CC23CC3)cc1. The highest BCUT2D eigenvalue weighted by Crippen LogP contribution is 2.45. The molecule has 8 nitrogen and oxygen atoms in total. The molecule has 1 spiro atoms. The third-order valence-electron chi connectivity index (χ3n) is 6.12. The number of benzene rings is 1. The zero-order valence-corrected chi connectivity index (χ0v) is 17.5. The maximum absolute atomic E-state index is 13.1. The molecular formula is C21H23N5O3S. The Morgan fingerprint density at radius 3 is 2.60 bits per heavy atom. The Balaban J connectivity index is 1.31. The van der Waals surface area contributed by atoms with Crippen molar-refractivity contribution in [2.45, 2.75) is 29.7 Å². The Bertz CT molecular complexity index is 1210. The molecule has 156 valence electrons. The van der Waals surface area contributed by atoms with Crippen LogP contribution in [0.4, 0.5) is 5.82 Å². The number of rotatable bonds is 4. The summed E-state index contributed by atoms with van der Waals surface area (Å²) in [6, 6.07) is 8.59. The van der Waals surface area contributed by atoms with Gasteiger partial charge in [-0.3, -0.25) is 4.79 Å². The van der Waals surface area contributed by atoms with Gasteiger partial charge < -0.3 is 14.8 Å². The Labute approximate surface area is 174 Å². The predicted molar refractivity (Wildman–Crippen MR) is 113 cm³/mol. The number of carbonyl (C=O) groups excluding carboxylic acids is 1. The number of nitrogens with one attached hydrogen (secondary N) is 1. The van der Waals surface area contributed by atoms with Gasteiger partial charge in [0, 0.05) is 32.1 Å². The number of anilines is 1. The standard InChI is InChI=1S/C21H23N5O3S/c1-30(28,29)16-4-2-15(3-5-16)12-18(27)26-11-10-25(13-21(26)7-8-21)20-17-6-9-22-19(17)23-14-24-20/h2-6,9,14H,7-8,10-13H2,1H3,(H,22,23,24). The summed E-state index contributed by atoms with van der Waals surface area (Å²) in [6.45, 7) is 2.14. The zero-order valence-electron chi connectivity index (χ0n) is 16.7. The molecule has 1 N–H and O–H groups in total. The first-order chi connectivity index (χ1) is 14.4. The summed E-state index contributed by atoms with van der Waals surface area (Å²) in [5.74, 6) is 1.00. The summed E-state index contributed by atoms with van der Waals surface area (Å²) in [5.41, 5.74) is 1.52. The molecule has 0 bridgehead atoms. The summed E-state index contributed by atoms with van der Waals surface area (Å²) < 4.78 is 23.3.